The Morgan fingerprint density at radius 3 is 3.08 bits per heavy atom. The molecule has 62 valence electrons. The highest BCUT2D eigenvalue weighted by Crippen LogP contribution is 2.23. The third kappa shape index (κ3) is 0.863. The SMILES string of the molecule is CNc1cccc2c1CNC2=O. The first-order chi connectivity index (χ1) is 5.83. The van der Waals surface area contributed by atoms with Crippen LogP contribution >= 0.6 is 0 Å². The van der Waals surface area contributed by atoms with Gasteiger partial charge in [-0.2, -0.15) is 0 Å². The average Bonchev–Trinajstić information content (AvgIpc) is 2.48. The number of amides is 1. The summed E-state index contributed by atoms with van der Waals surface area (Å²) in [5.74, 6) is 0.0297. The summed E-state index contributed by atoms with van der Waals surface area (Å²) >= 11 is 0. The van der Waals surface area contributed by atoms with Crippen LogP contribution in [0, 0.1) is 0 Å². The maximum Gasteiger partial charge on any atom is 0.251 e. The van der Waals surface area contributed by atoms with Crippen LogP contribution in [-0.2, 0) is 6.54 Å². The molecule has 3 nitrogen and oxygen atoms in total. The van der Waals surface area contributed by atoms with E-state index in [1.165, 1.54) is 0 Å². The predicted molar refractivity (Wildman–Crippen MR) is 47.2 cm³/mol. The normalized spacial score (nSPS) is 13.9. The smallest absolute Gasteiger partial charge is 0.251 e. The van der Waals surface area contributed by atoms with Crippen molar-refractivity contribution in [3.8, 4) is 0 Å². The van der Waals surface area contributed by atoms with Crippen LogP contribution in [0.25, 0.3) is 0 Å². The molecule has 0 atom stereocenters. The Bertz CT molecular complexity index is 333. The molecule has 0 saturated carbocycles. The molecular weight excluding hydrogens is 152 g/mol. The van der Waals surface area contributed by atoms with E-state index in [1.54, 1.807) is 0 Å². The van der Waals surface area contributed by atoms with Crippen LogP contribution in [0.2, 0.25) is 0 Å². The second-order valence-corrected chi connectivity index (χ2v) is 2.76. The molecule has 0 bridgehead atoms. The number of nitrogens with one attached hydrogen (secondary N) is 2. The molecule has 1 aliphatic heterocycles. The lowest BCUT2D eigenvalue weighted by Gasteiger charge is -2.04. The number of fused-ring (bicyclic) bond motifs is 1. The van der Waals surface area contributed by atoms with Gasteiger partial charge in [0.1, 0.15) is 0 Å². The number of benzene rings is 1. The molecule has 0 radical (unpaired) electrons. The van der Waals surface area contributed by atoms with Crippen molar-refractivity contribution in [1.82, 2.24) is 5.32 Å². The lowest BCUT2D eigenvalue weighted by atomic mass is 10.1. The molecule has 0 aromatic heterocycles. The third-order valence-electron chi connectivity index (χ3n) is 2.12. The van der Waals surface area contributed by atoms with Crippen molar-refractivity contribution in [3.63, 3.8) is 0 Å². The molecule has 2 N–H and O–H groups in total. The first kappa shape index (κ1) is 7.16. The Morgan fingerprint density at radius 1 is 1.50 bits per heavy atom. The third-order valence-corrected chi connectivity index (χ3v) is 2.12. The van der Waals surface area contributed by atoms with Crippen LogP contribution in [-0.4, -0.2) is 13.0 Å². The van der Waals surface area contributed by atoms with E-state index in [1.807, 2.05) is 25.2 Å². The number of carbonyl (C=O) groups excluding carboxylic acids is 1. The van der Waals surface area contributed by atoms with E-state index in [2.05, 4.69) is 10.6 Å². The van der Waals surface area contributed by atoms with Crippen molar-refractivity contribution >= 4 is 11.6 Å². The van der Waals surface area contributed by atoms with Gasteiger partial charge in [0.2, 0.25) is 0 Å². The van der Waals surface area contributed by atoms with Crippen molar-refractivity contribution in [2.45, 2.75) is 6.54 Å². The fourth-order valence-electron chi connectivity index (χ4n) is 1.49. The molecule has 1 aromatic carbocycles. The van der Waals surface area contributed by atoms with Crippen molar-refractivity contribution in [1.29, 1.82) is 0 Å². The summed E-state index contributed by atoms with van der Waals surface area (Å²) in [5.41, 5.74) is 2.90. The summed E-state index contributed by atoms with van der Waals surface area (Å²) in [6.07, 6.45) is 0. The maximum absolute atomic E-state index is 11.2. The number of rotatable bonds is 1. The predicted octanol–water partition coefficient (Wildman–Crippen LogP) is 0.972. The summed E-state index contributed by atoms with van der Waals surface area (Å²) < 4.78 is 0. The fraction of sp³-hybridized carbons (Fsp3) is 0.222. The van der Waals surface area contributed by atoms with Crippen LogP contribution in [0.5, 0.6) is 0 Å². The van der Waals surface area contributed by atoms with Gasteiger partial charge in [0.05, 0.1) is 0 Å². The van der Waals surface area contributed by atoms with E-state index >= 15 is 0 Å². The molecule has 12 heavy (non-hydrogen) atoms. The molecule has 2 rings (SSSR count). The minimum absolute atomic E-state index is 0.0297. The van der Waals surface area contributed by atoms with Gasteiger partial charge in [0.25, 0.3) is 5.91 Å². The van der Waals surface area contributed by atoms with E-state index < -0.39 is 0 Å². The Labute approximate surface area is 70.8 Å². The first-order valence-corrected chi connectivity index (χ1v) is 3.91. The van der Waals surface area contributed by atoms with Gasteiger partial charge in [-0.1, -0.05) is 6.07 Å². The summed E-state index contributed by atoms with van der Waals surface area (Å²) in [6.45, 7) is 0.644. The Morgan fingerprint density at radius 2 is 2.33 bits per heavy atom. The molecule has 0 fully saturated rings. The fourth-order valence-corrected chi connectivity index (χ4v) is 1.49. The molecule has 1 amide bonds. The quantitative estimate of drug-likeness (QED) is 0.646. The lowest BCUT2D eigenvalue weighted by molar-refractivity contribution is 0.0966. The molecule has 0 unspecified atom stereocenters. The summed E-state index contributed by atoms with van der Waals surface area (Å²) in [6, 6.07) is 5.70. The first-order valence-electron chi connectivity index (χ1n) is 3.91. The Hall–Kier alpha value is -1.51. The van der Waals surface area contributed by atoms with Crippen LogP contribution in [0.4, 0.5) is 5.69 Å². The number of hydrogen-bond donors (Lipinski definition) is 2. The minimum Gasteiger partial charge on any atom is -0.388 e. The highest BCUT2D eigenvalue weighted by atomic mass is 16.1. The topological polar surface area (TPSA) is 41.1 Å². The highest BCUT2D eigenvalue weighted by molar-refractivity contribution is 5.99. The van der Waals surface area contributed by atoms with Gasteiger partial charge in [0.15, 0.2) is 0 Å². The van der Waals surface area contributed by atoms with Crippen molar-refractivity contribution in [2.24, 2.45) is 0 Å². The van der Waals surface area contributed by atoms with Crippen molar-refractivity contribution in [2.75, 3.05) is 12.4 Å². The standard InChI is InChI=1S/C9H10N2O/c1-10-8-4-2-3-6-7(8)5-11-9(6)12/h2-4,10H,5H2,1H3,(H,11,12). The molecule has 1 aromatic rings. The van der Waals surface area contributed by atoms with Crippen molar-refractivity contribution in [3.05, 3.63) is 29.3 Å². The van der Waals surface area contributed by atoms with Crippen LogP contribution < -0.4 is 10.6 Å². The van der Waals surface area contributed by atoms with Crippen LogP contribution in [0.3, 0.4) is 0 Å². The van der Waals surface area contributed by atoms with Gasteiger partial charge >= 0.3 is 0 Å². The maximum atomic E-state index is 11.2. The molecule has 1 heterocycles. The molecule has 0 aliphatic carbocycles. The molecular formula is C9H10N2O. The van der Waals surface area contributed by atoms with E-state index in [4.69, 9.17) is 0 Å². The monoisotopic (exact) mass is 162 g/mol. The largest absolute Gasteiger partial charge is 0.388 e. The zero-order valence-corrected chi connectivity index (χ0v) is 6.85. The number of hydrogen-bond acceptors (Lipinski definition) is 2. The van der Waals surface area contributed by atoms with Crippen LogP contribution in [0.1, 0.15) is 15.9 Å². The van der Waals surface area contributed by atoms with Gasteiger partial charge in [-0.3, -0.25) is 4.79 Å². The molecule has 0 saturated heterocycles. The van der Waals surface area contributed by atoms with E-state index in [-0.39, 0.29) is 5.91 Å². The Balaban J connectivity index is 2.58. The summed E-state index contributed by atoms with van der Waals surface area (Å²) in [4.78, 5) is 11.2. The zero-order valence-electron chi connectivity index (χ0n) is 6.85. The molecule has 3 heteroatoms. The molecule has 1 aliphatic rings. The number of anilines is 1. The zero-order chi connectivity index (χ0) is 8.55. The second-order valence-electron chi connectivity index (χ2n) is 2.76. The second kappa shape index (κ2) is 2.52. The molecule has 0 spiro atoms. The lowest BCUT2D eigenvalue weighted by Crippen LogP contribution is -2.12. The van der Waals surface area contributed by atoms with Crippen molar-refractivity contribution < 1.29 is 4.79 Å². The van der Waals surface area contributed by atoms with E-state index in [9.17, 15) is 4.79 Å². The highest BCUT2D eigenvalue weighted by Gasteiger charge is 2.20. The Kier molecular flexibility index (Phi) is 1.50. The van der Waals surface area contributed by atoms with Crippen LogP contribution in [0.15, 0.2) is 18.2 Å². The van der Waals surface area contributed by atoms with Gasteiger partial charge in [-0.15, -0.1) is 0 Å². The van der Waals surface area contributed by atoms with E-state index in [0.717, 1.165) is 16.8 Å². The summed E-state index contributed by atoms with van der Waals surface area (Å²) in [7, 11) is 1.86. The van der Waals surface area contributed by atoms with E-state index in [0.29, 0.717) is 6.54 Å². The summed E-state index contributed by atoms with van der Waals surface area (Å²) in [5, 5.41) is 5.84. The minimum atomic E-state index is 0.0297. The van der Waals surface area contributed by atoms with Gasteiger partial charge in [0, 0.05) is 30.4 Å². The van der Waals surface area contributed by atoms with Gasteiger partial charge in [-0.25, -0.2) is 0 Å². The average molecular weight is 162 g/mol. The van der Waals surface area contributed by atoms with Gasteiger partial charge < -0.3 is 10.6 Å². The number of carbonyl (C=O) groups is 1. The van der Waals surface area contributed by atoms with Gasteiger partial charge in [-0.05, 0) is 12.1 Å².